The minimum atomic E-state index is -1.97. The number of methoxy groups -OCH3 is 1. The lowest BCUT2D eigenvalue weighted by atomic mass is 9.73. The monoisotopic (exact) mass is 412 g/mol. The van der Waals surface area contributed by atoms with E-state index in [1.165, 1.54) is 5.70 Å². The van der Waals surface area contributed by atoms with Crippen LogP contribution in [0.15, 0.2) is 11.3 Å². The molecular formula is C21H40N2O4Si. The van der Waals surface area contributed by atoms with Crippen LogP contribution in [0.1, 0.15) is 60.3 Å². The van der Waals surface area contributed by atoms with Gasteiger partial charge in [-0.3, -0.25) is 10.1 Å². The molecular weight excluding hydrogens is 372 g/mol. The van der Waals surface area contributed by atoms with Crippen LogP contribution in [0.4, 0.5) is 0 Å². The molecule has 1 fully saturated rings. The van der Waals surface area contributed by atoms with E-state index >= 15 is 0 Å². The highest BCUT2D eigenvalue weighted by Crippen LogP contribution is 2.44. The predicted octanol–water partition coefficient (Wildman–Crippen LogP) is 4.84. The van der Waals surface area contributed by atoms with Gasteiger partial charge >= 0.3 is 0 Å². The molecule has 0 N–H and O–H groups in total. The van der Waals surface area contributed by atoms with E-state index in [0.29, 0.717) is 25.7 Å². The standard InChI is InChI=1S/C21H40N2O4Si/c1-16-18(15-27-28(7,8)20(2,3)4)21(5,23(24)25)12-11-19(16)22-13-9-10-17(22)14-26-6/h17-18H,9-15H2,1-8H3/t17-,18-,21+/m0/s1. The summed E-state index contributed by atoms with van der Waals surface area (Å²) in [4.78, 5) is 14.4. The molecule has 162 valence electrons. The largest absolute Gasteiger partial charge is 0.416 e. The molecule has 0 aromatic carbocycles. The van der Waals surface area contributed by atoms with E-state index < -0.39 is 13.9 Å². The van der Waals surface area contributed by atoms with Gasteiger partial charge in [0.05, 0.1) is 18.6 Å². The SMILES string of the molecule is COC[C@@H]1CCCN1C1=C(C)[C@H](CO[Si](C)(C)C(C)(C)C)[C@](C)([N+](=O)[O-])CC1. The topological polar surface area (TPSA) is 64.8 Å². The van der Waals surface area contributed by atoms with Gasteiger partial charge < -0.3 is 14.1 Å². The van der Waals surface area contributed by atoms with Gasteiger partial charge in [-0.15, -0.1) is 0 Å². The lowest BCUT2D eigenvalue weighted by molar-refractivity contribution is -0.577. The second-order valence-electron chi connectivity index (χ2n) is 10.3. The number of hydrogen-bond donors (Lipinski definition) is 0. The highest BCUT2D eigenvalue weighted by Gasteiger charge is 2.51. The molecule has 0 unspecified atom stereocenters. The predicted molar refractivity (Wildman–Crippen MR) is 116 cm³/mol. The van der Waals surface area contributed by atoms with E-state index in [1.54, 1.807) is 7.11 Å². The normalized spacial score (nSPS) is 29.5. The van der Waals surface area contributed by atoms with E-state index in [9.17, 15) is 10.1 Å². The van der Waals surface area contributed by atoms with Gasteiger partial charge in [0.2, 0.25) is 5.54 Å². The van der Waals surface area contributed by atoms with Gasteiger partial charge in [0.25, 0.3) is 0 Å². The average molecular weight is 413 g/mol. The first-order chi connectivity index (χ1) is 12.8. The van der Waals surface area contributed by atoms with E-state index in [-0.39, 0.29) is 15.9 Å². The fraction of sp³-hybridized carbons (Fsp3) is 0.905. The Labute approximate surface area is 171 Å². The molecule has 1 heterocycles. The third-order valence-electron chi connectivity index (χ3n) is 7.51. The summed E-state index contributed by atoms with van der Waals surface area (Å²) in [6.45, 7) is 17.1. The molecule has 6 nitrogen and oxygen atoms in total. The molecule has 0 saturated carbocycles. The number of likely N-dealkylation sites (tertiary alicyclic amines) is 1. The minimum Gasteiger partial charge on any atom is -0.416 e. The van der Waals surface area contributed by atoms with Crippen molar-refractivity contribution in [1.82, 2.24) is 4.90 Å². The summed E-state index contributed by atoms with van der Waals surface area (Å²) < 4.78 is 11.9. The number of allylic oxidation sites excluding steroid dienone is 1. The molecule has 2 aliphatic rings. The number of rotatable bonds is 7. The van der Waals surface area contributed by atoms with Crippen molar-refractivity contribution in [1.29, 1.82) is 0 Å². The molecule has 0 bridgehead atoms. The van der Waals surface area contributed by atoms with Crippen LogP contribution in [0.3, 0.4) is 0 Å². The summed E-state index contributed by atoms with van der Waals surface area (Å²) in [5, 5.41) is 12.1. The van der Waals surface area contributed by atoms with E-state index in [4.69, 9.17) is 9.16 Å². The first-order valence-corrected chi connectivity index (χ1v) is 13.5. The Morgan fingerprint density at radius 3 is 2.50 bits per heavy atom. The van der Waals surface area contributed by atoms with E-state index in [0.717, 1.165) is 31.4 Å². The Hall–Kier alpha value is -0.923. The smallest absolute Gasteiger partial charge is 0.228 e. The maximum atomic E-state index is 12.1. The van der Waals surface area contributed by atoms with Crippen molar-refractivity contribution < 1.29 is 14.1 Å². The van der Waals surface area contributed by atoms with E-state index in [2.05, 4.69) is 45.7 Å². The average Bonchev–Trinajstić information content (AvgIpc) is 3.02. The van der Waals surface area contributed by atoms with Gasteiger partial charge in [-0.05, 0) is 49.9 Å². The zero-order chi connectivity index (χ0) is 21.3. The second-order valence-corrected chi connectivity index (χ2v) is 15.1. The molecule has 0 amide bonds. The fourth-order valence-electron chi connectivity index (χ4n) is 4.37. The summed E-state index contributed by atoms with van der Waals surface area (Å²) in [5.74, 6) is -0.191. The lowest BCUT2D eigenvalue weighted by Gasteiger charge is -2.43. The maximum Gasteiger partial charge on any atom is 0.228 e. The van der Waals surface area contributed by atoms with E-state index in [1.807, 2.05) is 6.92 Å². The van der Waals surface area contributed by atoms with Crippen LogP contribution in [-0.2, 0) is 9.16 Å². The molecule has 0 radical (unpaired) electrons. The van der Waals surface area contributed by atoms with Crippen molar-refractivity contribution in [3.05, 3.63) is 21.4 Å². The number of hydrogen-bond acceptors (Lipinski definition) is 5. The van der Waals surface area contributed by atoms with Gasteiger partial charge in [0, 0.05) is 44.2 Å². The van der Waals surface area contributed by atoms with Gasteiger partial charge in [0.1, 0.15) is 0 Å². The van der Waals surface area contributed by atoms with Crippen LogP contribution in [0.5, 0.6) is 0 Å². The molecule has 3 atom stereocenters. The van der Waals surface area contributed by atoms with Crippen molar-refractivity contribution in [2.45, 2.75) is 90.0 Å². The minimum absolute atomic E-state index is 0.0659. The van der Waals surface area contributed by atoms with Crippen LogP contribution in [-0.4, -0.2) is 56.6 Å². The van der Waals surface area contributed by atoms with Crippen LogP contribution < -0.4 is 0 Å². The van der Waals surface area contributed by atoms with Crippen LogP contribution in [0.2, 0.25) is 18.1 Å². The van der Waals surface area contributed by atoms with Crippen molar-refractivity contribution in [2.75, 3.05) is 26.9 Å². The third-order valence-corrected chi connectivity index (χ3v) is 12.0. The second kappa shape index (κ2) is 8.44. The maximum absolute atomic E-state index is 12.1. The van der Waals surface area contributed by atoms with Crippen LogP contribution in [0.25, 0.3) is 0 Å². The third kappa shape index (κ3) is 4.46. The van der Waals surface area contributed by atoms with Gasteiger partial charge in [-0.2, -0.15) is 0 Å². The number of nitrogens with zero attached hydrogens (tertiary/aromatic N) is 2. The zero-order valence-electron chi connectivity index (χ0n) is 19.1. The van der Waals surface area contributed by atoms with Gasteiger partial charge in [-0.25, -0.2) is 0 Å². The Morgan fingerprint density at radius 2 is 1.96 bits per heavy atom. The summed E-state index contributed by atoms with van der Waals surface area (Å²) in [7, 11) is -0.226. The molecule has 1 aliphatic heterocycles. The van der Waals surface area contributed by atoms with Crippen LogP contribution in [0, 0.1) is 16.0 Å². The summed E-state index contributed by atoms with van der Waals surface area (Å²) in [6.07, 6.45) is 3.61. The number of ether oxygens (including phenoxy) is 1. The summed E-state index contributed by atoms with van der Waals surface area (Å²) in [5.41, 5.74) is 1.47. The van der Waals surface area contributed by atoms with Crippen molar-refractivity contribution in [3.8, 4) is 0 Å². The molecule has 2 rings (SSSR count). The summed E-state index contributed by atoms with van der Waals surface area (Å²) >= 11 is 0. The molecule has 28 heavy (non-hydrogen) atoms. The van der Waals surface area contributed by atoms with Crippen molar-refractivity contribution >= 4 is 8.32 Å². The van der Waals surface area contributed by atoms with Crippen molar-refractivity contribution in [2.24, 2.45) is 5.92 Å². The highest BCUT2D eigenvalue weighted by molar-refractivity contribution is 6.74. The molecule has 0 aromatic heterocycles. The molecule has 0 aromatic rings. The van der Waals surface area contributed by atoms with Crippen molar-refractivity contribution in [3.63, 3.8) is 0 Å². The first-order valence-electron chi connectivity index (χ1n) is 10.6. The first kappa shape index (κ1) is 23.4. The Morgan fingerprint density at radius 1 is 1.32 bits per heavy atom. The lowest BCUT2D eigenvalue weighted by Crippen LogP contribution is -2.52. The van der Waals surface area contributed by atoms with Gasteiger partial charge in [-0.1, -0.05) is 20.8 Å². The van der Waals surface area contributed by atoms with Crippen LogP contribution >= 0.6 is 0 Å². The number of nitro groups is 1. The zero-order valence-corrected chi connectivity index (χ0v) is 20.1. The molecule has 1 saturated heterocycles. The van der Waals surface area contributed by atoms with Gasteiger partial charge in [0.15, 0.2) is 8.32 Å². The molecule has 0 spiro atoms. The molecule has 1 aliphatic carbocycles. The quantitative estimate of drug-likeness (QED) is 0.340. The Bertz CT molecular complexity index is 614. The molecule has 7 heteroatoms. The summed E-state index contributed by atoms with van der Waals surface area (Å²) in [6, 6.07) is 0.386. The highest BCUT2D eigenvalue weighted by atomic mass is 28.4. The Balaban J connectivity index is 2.34. The fourth-order valence-corrected chi connectivity index (χ4v) is 5.38. The Kier molecular flexibility index (Phi) is 7.04.